The van der Waals surface area contributed by atoms with Crippen molar-refractivity contribution in [2.75, 3.05) is 6.79 Å². The lowest BCUT2D eigenvalue weighted by molar-refractivity contribution is -0.160. The molecule has 4 rings (SSSR count). The first-order chi connectivity index (χ1) is 13.2. The maximum absolute atomic E-state index is 11.7. The lowest BCUT2D eigenvalue weighted by Gasteiger charge is -2.18. The van der Waals surface area contributed by atoms with E-state index >= 15 is 0 Å². The van der Waals surface area contributed by atoms with Crippen molar-refractivity contribution in [1.29, 1.82) is 0 Å². The van der Waals surface area contributed by atoms with Crippen molar-refractivity contribution in [2.45, 2.75) is 40.5 Å². The van der Waals surface area contributed by atoms with E-state index in [9.17, 15) is 9.59 Å². The van der Waals surface area contributed by atoms with Gasteiger partial charge in [0.05, 0.1) is 0 Å². The van der Waals surface area contributed by atoms with Gasteiger partial charge in [-0.25, -0.2) is 9.59 Å². The van der Waals surface area contributed by atoms with Crippen LogP contribution in [0.2, 0.25) is 0 Å². The molecule has 0 unspecified atom stereocenters. The summed E-state index contributed by atoms with van der Waals surface area (Å²) in [6.45, 7) is -0.402. The van der Waals surface area contributed by atoms with Crippen LogP contribution in [-0.2, 0) is 44.7 Å². The summed E-state index contributed by atoms with van der Waals surface area (Å²) in [4.78, 5) is 23.4. The number of hydrogen-bond acceptors (Lipinski definition) is 4. The molecule has 2 aromatic carbocycles. The number of benzene rings is 2. The topological polar surface area (TPSA) is 52.6 Å². The SMILES string of the molecule is C.C.O=C(C=Cc1ccc2c(c1)CC2)OCOC(=O)C=Cc1ccc2c(c1)CC2. The highest BCUT2D eigenvalue weighted by Gasteiger charge is 2.12. The Kier molecular flexibility index (Phi) is 7.54. The molecule has 2 aliphatic rings. The fourth-order valence-electron chi connectivity index (χ4n) is 3.21. The molecule has 152 valence electrons. The van der Waals surface area contributed by atoms with Gasteiger partial charge >= 0.3 is 11.9 Å². The molecule has 0 saturated carbocycles. The number of hydrogen-bond donors (Lipinski definition) is 0. The molecule has 0 spiro atoms. The van der Waals surface area contributed by atoms with Gasteiger partial charge in [0.15, 0.2) is 0 Å². The Bertz CT molecular complexity index is 876. The molecule has 0 aliphatic heterocycles. The van der Waals surface area contributed by atoms with E-state index in [4.69, 9.17) is 9.47 Å². The summed E-state index contributed by atoms with van der Waals surface area (Å²) in [6, 6.07) is 12.3. The predicted molar refractivity (Wildman–Crippen MR) is 116 cm³/mol. The molecule has 0 radical (unpaired) electrons. The van der Waals surface area contributed by atoms with Crippen molar-refractivity contribution >= 4 is 24.1 Å². The second kappa shape index (κ2) is 9.87. The minimum Gasteiger partial charge on any atom is -0.425 e. The number of carbonyl (C=O) groups is 2. The van der Waals surface area contributed by atoms with Crippen molar-refractivity contribution in [3.8, 4) is 0 Å². The highest BCUT2D eigenvalue weighted by atomic mass is 16.7. The molecular formula is C25H28O4. The zero-order chi connectivity index (χ0) is 18.6. The molecule has 0 amide bonds. The molecule has 0 fully saturated rings. The van der Waals surface area contributed by atoms with Gasteiger partial charge in [-0.2, -0.15) is 0 Å². The van der Waals surface area contributed by atoms with Crippen molar-refractivity contribution < 1.29 is 19.1 Å². The number of fused-ring (bicyclic) bond motifs is 2. The Morgan fingerprint density at radius 2 is 1.10 bits per heavy atom. The van der Waals surface area contributed by atoms with E-state index in [1.807, 2.05) is 12.1 Å². The molecule has 2 aliphatic carbocycles. The van der Waals surface area contributed by atoms with E-state index < -0.39 is 18.7 Å². The largest absolute Gasteiger partial charge is 0.425 e. The van der Waals surface area contributed by atoms with Crippen molar-refractivity contribution in [1.82, 2.24) is 0 Å². The monoisotopic (exact) mass is 392 g/mol. The Balaban J connectivity index is 0.00000150. The van der Waals surface area contributed by atoms with Crippen LogP contribution in [0.4, 0.5) is 0 Å². The Morgan fingerprint density at radius 3 is 1.45 bits per heavy atom. The van der Waals surface area contributed by atoms with Crippen LogP contribution in [0.25, 0.3) is 12.2 Å². The molecule has 4 heteroatoms. The fourth-order valence-corrected chi connectivity index (χ4v) is 3.21. The Labute approximate surface area is 172 Å². The van der Waals surface area contributed by atoms with Gasteiger partial charge in [-0.15, -0.1) is 0 Å². The molecular weight excluding hydrogens is 364 g/mol. The maximum atomic E-state index is 11.7. The first-order valence-electron chi connectivity index (χ1n) is 9.11. The smallest absolute Gasteiger partial charge is 0.333 e. The van der Waals surface area contributed by atoms with E-state index in [0.717, 1.165) is 36.8 Å². The van der Waals surface area contributed by atoms with Crippen LogP contribution in [0.15, 0.2) is 48.6 Å². The van der Waals surface area contributed by atoms with E-state index in [0.29, 0.717) is 0 Å². The van der Waals surface area contributed by atoms with E-state index in [-0.39, 0.29) is 14.9 Å². The second-order valence-corrected chi connectivity index (χ2v) is 6.77. The van der Waals surface area contributed by atoms with Crippen molar-refractivity contribution in [3.63, 3.8) is 0 Å². The summed E-state index contributed by atoms with van der Waals surface area (Å²) in [7, 11) is 0. The fraction of sp³-hybridized carbons (Fsp3) is 0.280. The standard InChI is InChI=1S/C23H20O4.2CH4/c24-22(11-3-16-1-5-18-7-9-20(18)13-16)26-15-27-23(25)12-4-17-2-6-19-8-10-21(19)14-17;;/h1-6,11-14H,7-10,15H2;2*1H4. The first-order valence-corrected chi connectivity index (χ1v) is 9.11. The molecule has 0 aromatic heterocycles. The van der Waals surface area contributed by atoms with Crippen LogP contribution in [0.1, 0.15) is 48.2 Å². The molecule has 29 heavy (non-hydrogen) atoms. The average Bonchev–Trinajstić information content (AvgIpc) is 2.61. The molecule has 0 N–H and O–H groups in total. The summed E-state index contributed by atoms with van der Waals surface area (Å²) in [6.07, 6.45) is 10.5. The number of rotatable bonds is 6. The second-order valence-electron chi connectivity index (χ2n) is 6.77. The van der Waals surface area contributed by atoms with Crippen LogP contribution in [0.3, 0.4) is 0 Å². The average molecular weight is 392 g/mol. The molecule has 0 heterocycles. The van der Waals surface area contributed by atoms with Crippen molar-refractivity contribution in [2.24, 2.45) is 0 Å². The van der Waals surface area contributed by atoms with Gasteiger partial charge in [0, 0.05) is 12.2 Å². The van der Waals surface area contributed by atoms with Gasteiger partial charge in [0.2, 0.25) is 6.79 Å². The van der Waals surface area contributed by atoms with Gasteiger partial charge in [-0.05, 0) is 71.2 Å². The molecule has 0 saturated heterocycles. The maximum Gasteiger partial charge on any atom is 0.333 e. The van der Waals surface area contributed by atoms with Gasteiger partial charge in [-0.1, -0.05) is 51.3 Å². The van der Waals surface area contributed by atoms with E-state index in [1.54, 1.807) is 12.2 Å². The summed E-state index contributed by atoms with van der Waals surface area (Å²) in [5.74, 6) is -1.09. The third-order valence-corrected chi connectivity index (χ3v) is 5.01. The number of ether oxygens (including phenoxy) is 2. The number of aryl methyl sites for hydroxylation is 4. The normalized spacial score (nSPS) is 13.2. The predicted octanol–water partition coefficient (Wildman–Crippen LogP) is 4.93. The Hall–Kier alpha value is -3.14. The minimum atomic E-state index is -0.545. The minimum absolute atomic E-state index is 0. The van der Waals surface area contributed by atoms with Crippen LogP contribution in [-0.4, -0.2) is 18.7 Å². The molecule has 4 nitrogen and oxygen atoms in total. The van der Waals surface area contributed by atoms with Crippen LogP contribution >= 0.6 is 0 Å². The number of carbonyl (C=O) groups excluding carboxylic acids is 2. The zero-order valence-corrected chi connectivity index (χ0v) is 14.9. The summed E-state index contributed by atoms with van der Waals surface area (Å²) in [5, 5.41) is 0. The quantitative estimate of drug-likeness (QED) is 0.397. The van der Waals surface area contributed by atoms with Crippen molar-refractivity contribution in [3.05, 3.63) is 81.9 Å². The highest BCUT2D eigenvalue weighted by Crippen LogP contribution is 2.24. The third kappa shape index (κ3) is 5.44. The molecule has 0 atom stereocenters. The van der Waals surface area contributed by atoms with Gasteiger partial charge in [0.1, 0.15) is 0 Å². The lowest BCUT2D eigenvalue weighted by Crippen LogP contribution is -2.10. The van der Waals surface area contributed by atoms with E-state index in [2.05, 4.69) is 24.3 Å². The lowest BCUT2D eigenvalue weighted by atomic mass is 9.87. The van der Waals surface area contributed by atoms with Gasteiger partial charge < -0.3 is 9.47 Å². The summed E-state index contributed by atoms with van der Waals surface area (Å²) >= 11 is 0. The zero-order valence-electron chi connectivity index (χ0n) is 14.9. The summed E-state index contributed by atoms with van der Waals surface area (Å²) < 4.78 is 9.79. The third-order valence-electron chi connectivity index (χ3n) is 5.01. The Morgan fingerprint density at radius 1 is 0.690 bits per heavy atom. The number of esters is 2. The van der Waals surface area contributed by atoms with Crippen LogP contribution in [0.5, 0.6) is 0 Å². The van der Waals surface area contributed by atoms with Gasteiger partial charge in [0.25, 0.3) is 0 Å². The van der Waals surface area contributed by atoms with Crippen LogP contribution < -0.4 is 0 Å². The molecule has 0 bridgehead atoms. The molecule has 2 aromatic rings. The van der Waals surface area contributed by atoms with Crippen LogP contribution in [0, 0.1) is 0 Å². The summed E-state index contributed by atoms with van der Waals surface area (Å²) in [5.41, 5.74) is 7.34. The highest BCUT2D eigenvalue weighted by molar-refractivity contribution is 5.88. The first kappa shape index (κ1) is 22.2. The van der Waals surface area contributed by atoms with E-state index in [1.165, 1.54) is 34.4 Å². The van der Waals surface area contributed by atoms with Gasteiger partial charge in [-0.3, -0.25) is 0 Å².